The maximum atomic E-state index is 11.3. The van der Waals surface area contributed by atoms with Gasteiger partial charge in [0.05, 0.1) is 14.2 Å². The van der Waals surface area contributed by atoms with E-state index in [1.54, 1.807) is 30.6 Å². The van der Waals surface area contributed by atoms with Crippen LogP contribution < -0.4 is 0 Å². The van der Waals surface area contributed by atoms with Crippen molar-refractivity contribution in [2.24, 2.45) is 0 Å². The van der Waals surface area contributed by atoms with Gasteiger partial charge in [-0.05, 0) is 17.7 Å². The fourth-order valence-electron chi connectivity index (χ4n) is 1.17. The van der Waals surface area contributed by atoms with Gasteiger partial charge >= 0.3 is 11.9 Å². The molecule has 0 amide bonds. The lowest BCUT2D eigenvalue weighted by molar-refractivity contribution is -0.144. The lowest BCUT2D eigenvalue weighted by Crippen LogP contribution is -2.15. The quantitative estimate of drug-likeness (QED) is 0.264. The highest BCUT2D eigenvalue weighted by molar-refractivity contribution is 6.14. The molecule has 1 aromatic rings. The van der Waals surface area contributed by atoms with E-state index < -0.39 is 11.9 Å². The Kier molecular flexibility index (Phi) is 5.31. The second-order valence-corrected chi connectivity index (χ2v) is 3.21. The Morgan fingerprint density at radius 1 is 1.22 bits per heavy atom. The van der Waals surface area contributed by atoms with Gasteiger partial charge < -0.3 is 9.47 Å². The average molecular weight is 247 g/mol. The Balaban J connectivity index is 2.87. The van der Waals surface area contributed by atoms with Gasteiger partial charge in [-0.25, -0.2) is 9.59 Å². The second kappa shape index (κ2) is 7.01. The average Bonchev–Trinajstić information content (AvgIpc) is 2.43. The molecule has 18 heavy (non-hydrogen) atoms. The first-order chi connectivity index (χ1) is 8.69. The summed E-state index contributed by atoms with van der Waals surface area (Å²) in [5, 5.41) is 0. The Morgan fingerprint density at radius 2 is 1.89 bits per heavy atom. The van der Waals surface area contributed by atoms with Gasteiger partial charge in [-0.3, -0.25) is 4.98 Å². The lowest BCUT2D eigenvalue weighted by Gasteiger charge is -2.01. The van der Waals surface area contributed by atoms with Crippen LogP contribution >= 0.6 is 0 Å². The molecule has 0 fully saturated rings. The molecule has 0 atom stereocenters. The number of allylic oxidation sites excluding steroid dienone is 2. The van der Waals surface area contributed by atoms with Crippen molar-refractivity contribution in [1.29, 1.82) is 0 Å². The Bertz CT molecular complexity index is 459. The summed E-state index contributed by atoms with van der Waals surface area (Å²) in [4.78, 5) is 26.6. The molecule has 0 aliphatic rings. The first-order valence-electron chi connectivity index (χ1n) is 5.14. The number of carbonyl (C=O) groups excluding carboxylic acids is 2. The van der Waals surface area contributed by atoms with Crippen LogP contribution in [0.3, 0.4) is 0 Å². The molecule has 1 aromatic heterocycles. The van der Waals surface area contributed by atoms with Crippen LogP contribution in [0.1, 0.15) is 5.56 Å². The number of nitrogens with zero attached hydrogens (tertiary/aromatic N) is 1. The Morgan fingerprint density at radius 3 is 2.39 bits per heavy atom. The molecule has 5 heteroatoms. The third-order valence-electron chi connectivity index (χ3n) is 2.05. The van der Waals surface area contributed by atoms with Crippen LogP contribution in [0.2, 0.25) is 0 Å². The molecule has 0 saturated heterocycles. The molecule has 0 N–H and O–H groups in total. The number of carbonyl (C=O) groups is 2. The predicted molar refractivity (Wildman–Crippen MR) is 65.4 cm³/mol. The normalized spacial score (nSPS) is 9.89. The van der Waals surface area contributed by atoms with Crippen molar-refractivity contribution >= 4 is 18.0 Å². The van der Waals surface area contributed by atoms with Gasteiger partial charge in [-0.1, -0.05) is 18.2 Å². The van der Waals surface area contributed by atoms with Gasteiger partial charge in [-0.15, -0.1) is 0 Å². The van der Waals surface area contributed by atoms with Gasteiger partial charge in [0.1, 0.15) is 5.57 Å². The number of hydrogen-bond acceptors (Lipinski definition) is 5. The minimum absolute atomic E-state index is 0.167. The van der Waals surface area contributed by atoms with Crippen molar-refractivity contribution < 1.29 is 19.1 Å². The van der Waals surface area contributed by atoms with E-state index in [2.05, 4.69) is 14.5 Å². The van der Waals surface area contributed by atoms with Crippen LogP contribution in [0.4, 0.5) is 0 Å². The Labute approximate surface area is 105 Å². The zero-order valence-corrected chi connectivity index (χ0v) is 10.1. The maximum Gasteiger partial charge on any atom is 0.345 e. The number of ether oxygens (including phenoxy) is 2. The number of methoxy groups -OCH3 is 2. The van der Waals surface area contributed by atoms with Crippen molar-refractivity contribution in [2.45, 2.75) is 0 Å². The van der Waals surface area contributed by atoms with E-state index in [9.17, 15) is 9.59 Å². The molecular weight excluding hydrogens is 234 g/mol. The minimum atomic E-state index is -0.738. The van der Waals surface area contributed by atoms with Crippen LogP contribution in [-0.4, -0.2) is 31.1 Å². The fraction of sp³-hybridized carbons (Fsp3) is 0.154. The molecule has 94 valence electrons. The summed E-state index contributed by atoms with van der Waals surface area (Å²) in [6.45, 7) is 0. The third-order valence-corrected chi connectivity index (χ3v) is 2.05. The smallest absolute Gasteiger partial charge is 0.345 e. The lowest BCUT2D eigenvalue weighted by atomic mass is 10.2. The van der Waals surface area contributed by atoms with Gasteiger partial charge in [0.15, 0.2) is 0 Å². The van der Waals surface area contributed by atoms with Gasteiger partial charge in [0.2, 0.25) is 0 Å². The SMILES string of the molecule is COC(=O)C(=C/C=C/c1cccnc1)C(=O)OC. The molecule has 0 bridgehead atoms. The van der Waals surface area contributed by atoms with Crippen LogP contribution in [0.15, 0.2) is 42.3 Å². The van der Waals surface area contributed by atoms with Crippen LogP contribution in [0, 0.1) is 0 Å². The van der Waals surface area contributed by atoms with Gasteiger partial charge in [0.25, 0.3) is 0 Å². The summed E-state index contributed by atoms with van der Waals surface area (Å²) in [5.74, 6) is -1.48. The van der Waals surface area contributed by atoms with Crippen LogP contribution in [0.25, 0.3) is 6.08 Å². The number of rotatable bonds is 4. The highest BCUT2D eigenvalue weighted by atomic mass is 16.5. The molecule has 0 aromatic carbocycles. The van der Waals surface area contributed by atoms with E-state index in [-0.39, 0.29) is 5.57 Å². The van der Waals surface area contributed by atoms with E-state index in [4.69, 9.17) is 0 Å². The number of aromatic nitrogens is 1. The van der Waals surface area contributed by atoms with E-state index in [0.717, 1.165) is 5.56 Å². The van der Waals surface area contributed by atoms with Crippen LogP contribution in [0.5, 0.6) is 0 Å². The van der Waals surface area contributed by atoms with Crippen molar-refractivity contribution in [3.8, 4) is 0 Å². The molecule has 0 spiro atoms. The highest BCUT2D eigenvalue weighted by Gasteiger charge is 2.18. The van der Waals surface area contributed by atoms with E-state index in [0.29, 0.717) is 0 Å². The molecule has 1 heterocycles. The largest absolute Gasteiger partial charge is 0.465 e. The summed E-state index contributed by atoms with van der Waals surface area (Å²) < 4.78 is 8.97. The first kappa shape index (κ1) is 13.6. The van der Waals surface area contributed by atoms with Crippen molar-refractivity contribution in [3.05, 3.63) is 47.8 Å². The minimum Gasteiger partial charge on any atom is -0.465 e. The van der Waals surface area contributed by atoms with Crippen molar-refractivity contribution in [2.75, 3.05) is 14.2 Å². The molecule has 5 nitrogen and oxygen atoms in total. The zero-order chi connectivity index (χ0) is 13.4. The van der Waals surface area contributed by atoms with Crippen molar-refractivity contribution in [3.63, 3.8) is 0 Å². The summed E-state index contributed by atoms with van der Waals surface area (Å²) in [6, 6.07) is 3.62. The number of hydrogen-bond donors (Lipinski definition) is 0. The summed E-state index contributed by atoms with van der Waals surface area (Å²) in [7, 11) is 2.40. The molecule has 0 unspecified atom stereocenters. The zero-order valence-electron chi connectivity index (χ0n) is 10.1. The van der Waals surface area contributed by atoms with E-state index in [1.165, 1.54) is 20.3 Å². The summed E-state index contributed by atoms with van der Waals surface area (Å²) in [5.41, 5.74) is 0.683. The summed E-state index contributed by atoms with van der Waals surface area (Å²) >= 11 is 0. The third kappa shape index (κ3) is 3.86. The molecule has 0 saturated carbocycles. The molecule has 0 aliphatic carbocycles. The van der Waals surface area contributed by atoms with Crippen LogP contribution in [-0.2, 0) is 19.1 Å². The standard InChI is InChI=1S/C13H13NO4/c1-17-12(15)11(13(16)18-2)7-3-5-10-6-4-8-14-9-10/h3-9H,1-2H3/b5-3+. The molecule has 0 radical (unpaired) electrons. The Hall–Kier alpha value is -2.43. The molecule has 0 aliphatic heterocycles. The molecular formula is C13H13NO4. The first-order valence-corrected chi connectivity index (χ1v) is 5.14. The fourth-order valence-corrected chi connectivity index (χ4v) is 1.17. The number of pyridine rings is 1. The monoisotopic (exact) mass is 247 g/mol. The maximum absolute atomic E-state index is 11.3. The van der Waals surface area contributed by atoms with Crippen molar-refractivity contribution in [1.82, 2.24) is 4.98 Å². The number of esters is 2. The molecule has 1 rings (SSSR count). The van der Waals surface area contributed by atoms with Gasteiger partial charge in [-0.2, -0.15) is 0 Å². The predicted octanol–water partition coefficient (Wildman–Crippen LogP) is 1.37. The van der Waals surface area contributed by atoms with Gasteiger partial charge in [0, 0.05) is 12.4 Å². The van der Waals surface area contributed by atoms with E-state index in [1.807, 2.05) is 6.07 Å². The summed E-state index contributed by atoms with van der Waals surface area (Å²) in [6.07, 6.45) is 7.91. The highest BCUT2D eigenvalue weighted by Crippen LogP contribution is 2.04. The van der Waals surface area contributed by atoms with E-state index >= 15 is 0 Å². The topological polar surface area (TPSA) is 65.5 Å². The second-order valence-electron chi connectivity index (χ2n) is 3.21.